The summed E-state index contributed by atoms with van der Waals surface area (Å²) >= 11 is 0. The van der Waals surface area contributed by atoms with Gasteiger partial charge in [0.05, 0.1) is 12.7 Å². The molecule has 0 spiro atoms. The van der Waals surface area contributed by atoms with Crippen LogP contribution in [-0.2, 0) is 0 Å². The van der Waals surface area contributed by atoms with Gasteiger partial charge in [0, 0.05) is 6.54 Å². The van der Waals surface area contributed by atoms with E-state index >= 15 is 0 Å². The number of aliphatic hydroxyl groups is 1. The lowest BCUT2D eigenvalue weighted by Gasteiger charge is -2.21. The van der Waals surface area contributed by atoms with Crippen LogP contribution in [-0.4, -0.2) is 36.2 Å². The van der Waals surface area contributed by atoms with Crippen molar-refractivity contribution in [2.75, 3.05) is 26.2 Å². The Balaban J connectivity index is 1.75. The molecule has 1 saturated heterocycles. The third kappa shape index (κ3) is 5.98. The zero-order valence-corrected chi connectivity index (χ0v) is 14.0. The van der Waals surface area contributed by atoms with Gasteiger partial charge in [-0.05, 0) is 56.5 Å². The van der Waals surface area contributed by atoms with Crippen molar-refractivity contribution in [3.05, 3.63) is 29.8 Å². The first-order valence-corrected chi connectivity index (χ1v) is 8.93. The van der Waals surface area contributed by atoms with E-state index in [9.17, 15) is 5.11 Å². The van der Waals surface area contributed by atoms with Crippen LogP contribution in [0, 0.1) is 0 Å². The molecule has 1 atom stereocenters. The van der Waals surface area contributed by atoms with Crippen LogP contribution in [0.15, 0.2) is 24.3 Å². The smallest absolute Gasteiger partial charge is 0.119 e. The van der Waals surface area contributed by atoms with Gasteiger partial charge in [0.2, 0.25) is 0 Å². The second kappa shape index (κ2) is 9.86. The number of nitrogens with zero attached hydrogens (tertiary/aromatic N) is 1. The van der Waals surface area contributed by atoms with Gasteiger partial charge in [-0.3, -0.25) is 0 Å². The predicted octanol–water partition coefficient (Wildman–Crippen LogP) is 4.17. The molecule has 1 N–H and O–H groups in total. The lowest BCUT2D eigenvalue weighted by atomic mass is 10.1. The van der Waals surface area contributed by atoms with Crippen molar-refractivity contribution in [3.63, 3.8) is 0 Å². The fraction of sp³-hybridized carbons (Fsp3) is 0.684. The summed E-state index contributed by atoms with van der Waals surface area (Å²) < 4.78 is 5.66. The molecule has 0 saturated carbocycles. The van der Waals surface area contributed by atoms with Crippen LogP contribution in [0.3, 0.4) is 0 Å². The summed E-state index contributed by atoms with van der Waals surface area (Å²) in [5.41, 5.74) is 0.998. The van der Waals surface area contributed by atoms with Crippen molar-refractivity contribution in [2.45, 2.75) is 58.0 Å². The number of ether oxygens (including phenoxy) is 1. The van der Waals surface area contributed by atoms with Gasteiger partial charge in [-0.2, -0.15) is 0 Å². The molecule has 3 nitrogen and oxygen atoms in total. The van der Waals surface area contributed by atoms with Crippen LogP contribution >= 0.6 is 0 Å². The van der Waals surface area contributed by atoms with Gasteiger partial charge in [0.15, 0.2) is 0 Å². The summed E-state index contributed by atoms with van der Waals surface area (Å²) in [7, 11) is 0. The van der Waals surface area contributed by atoms with E-state index < -0.39 is 0 Å². The van der Waals surface area contributed by atoms with Crippen LogP contribution in [0.1, 0.15) is 63.5 Å². The van der Waals surface area contributed by atoms with Crippen LogP contribution in [0.2, 0.25) is 0 Å². The Hall–Kier alpha value is -1.06. The average molecular weight is 305 g/mol. The largest absolute Gasteiger partial charge is 0.494 e. The summed E-state index contributed by atoms with van der Waals surface area (Å²) in [5.74, 6) is 0.900. The van der Waals surface area contributed by atoms with E-state index in [1.165, 1.54) is 38.8 Å². The molecular formula is C19H31NO2. The molecule has 124 valence electrons. The maximum Gasteiger partial charge on any atom is 0.119 e. The van der Waals surface area contributed by atoms with E-state index in [2.05, 4.69) is 11.8 Å². The number of hydrogen-bond donors (Lipinski definition) is 1. The molecule has 1 aromatic rings. The molecule has 0 aliphatic carbocycles. The van der Waals surface area contributed by atoms with Gasteiger partial charge in [-0.15, -0.1) is 0 Å². The molecule has 0 radical (unpaired) electrons. The molecule has 0 bridgehead atoms. The van der Waals surface area contributed by atoms with Gasteiger partial charge < -0.3 is 14.7 Å². The number of hydrogen-bond acceptors (Lipinski definition) is 3. The number of unbranched alkanes of at least 4 members (excludes halogenated alkanes) is 1. The Morgan fingerprint density at radius 1 is 1.09 bits per heavy atom. The average Bonchev–Trinajstić information content (AvgIpc) is 2.82. The summed E-state index contributed by atoms with van der Waals surface area (Å²) in [4.78, 5) is 2.50. The first-order valence-electron chi connectivity index (χ1n) is 8.93. The molecule has 22 heavy (non-hydrogen) atoms. The molecule has 1 fully saturated rings. The molecule has 0 amide bonds. The van der Waals surface area contributed by atoms with Gasteiger partial charge >= 0.3 is 0 Å². The van der Waals surface area contributed by atoms with Crippen LogP contribution in [0.25, 0.3) is 0 Å². The number of rotatable bonds is 8. The van der Waals surface area contributed by atoms with E-state index in [-0.39, 0.29) is 6.10 Å². The summed E-state index contributed by atoms with van der Waals surface area (Å²) in [6.45, 7) is 6.31. The normalized spacial score (nSPS) is 17.9. The fourth-order valence-corrected chi connectivity index (χ4v) is 2.95. The van der Waals surface area contributed by atoms with Crippen molar-refractivity contribution in [1.82, 2.24) is 4.90 Å². The molecule has 2 rings (SSSR count). The topological polar surface area (TPSA) is 32.7 Å². The molecule has 0 aromatic heterocycles. The van der Waals surface area contributed by atoms with E-state index in [0.717, 1.165) is 43.7 Å². The SMILES string of the molecule is CCCCOc1ccc(C(O)CCN2CCCCCC2)cc1. The molecule has 3 heteroatoms. The van der Waals surface area contributed by atoms with Gasteiger partial charge in [-0.1, -0.05) is 38.3 Å². The summed E-state index contributed by atoms with van der Waals surface area (Å²) in [5, 5.41) is 10.4. The number of aliphatic hydroxyl groups excluding tert-OH is 1. The molecule has 1 unspecified atom stereocenters. The Morgan fingerprint density at radius 2 is 1.77 bits per heavy atom. The monoisotopic (exact) mass is 305 g/mol. The summed E-state index contributed by atoms with van der Waals surface area (Å²) in [6.07, 6.45) is 8.01. The quantitative estimate of drug-likeness (QED) is 0.732. The molecule has 1 aromatic carbocycles. The Kier molecular flexibility index (Phi) is 7.75. The minimum atomic E-state index is -0.368. The Labute approximate surface area is 135 Å². The van der Waals surface area contributed by atoms with Gasteiger partial charge in [-0.25, -0.2) is 0 Å². The van der Waals surface area contributed by atoms with Crippen LogP contribution in [0.5, 0.6) is 5.75 Å². The molecular weight excluding hydrogens is 274 g/mol. The van der Waals surface area contributed by atoms with Crippen molar-refractivity contribution < 1.29 is 9.84 Å². The minimum Gasteiger partial charge on any atom is -0.494 e. The lowest BCUT2D eigenvalue weighted by molar-refractivity contribution is 0.143. The fourth-order valence-electron chi connectivity index (χ4n) is 2.95. The Bertz CT molecular complexity index is 396. The molecule has 1 heterocycles. The van der Waals surface area contributed by atoms with Crippen molar-refractivity contribution in [1.29, 1.82) is 0 Å². The first kappa shape index (κ1) is 17.3. The number of benzene rings is 1. The van der Waals surface area contributed by atoms with E-state index in [1.54, 1.807) is 0 Å². The maximum atomic E-state index is 10.4. The van der Waals surface area contributed by atoms with Crippen molar-refractivity contribution in [3.8, 4) is 5.75 Å². The Morgan fingerprint density at radius 3 is 2.41 bits per heavy atom. The number of likely N-dealkylation sites (tertiary alicyclic amines) is 1. The predicted molar refractivity (Wildman–Crippen MR) is 91.3 cm³/mol. The zero-order chi connectivity index (χ0) is 15.6. The van der Waals surface area contributed by atoms with Gasteiger partial charge in [0.25, 0.3) is 0 Å². The van der Waals surface area contributed by atoms with E-state index in [0.29, 0.717) is 0 Å². The zero-order valence-electron chi connectivity index (χ0n) is 14.0. The third-order valence-electron chi connectivity index (χ3n) is 4.45. The highest BCUT2D eigenvalue weighted by Gasteiger charge is 2.13. The lowest BCUT2D eigenvalue weighted by Crippen LogP contribution is -2.26. The van der Waals surface area contributed by atoms with Crippen molar-refractivity contribution in [2.24, 2.45) is 0 Å². The maximum absolute atomic E-state index is 10.4. The van der Waals surface area contributed by atoms with E-state index in [4.69, 9.17) is 4.74 Å². The first-order chi connectivity index (χ1) is 10.8. The van der Waals surface area contributed by atoms with E-state index in [1.807, 2.05) is 24.3 Å². The van der Waals surface area contributed by atoms with Crippen LogP contribution in [0.4, 0.5) is 0 Å². The van der Waals surface area contributed by atoms with Crippen LogP contribution < -0.4 is 4.74 Å². The minimum absolute atomic E-state index is 0.368. The second-order valence-corrected chi connectivity index (χ2v) is 6.33. The van der Waals surface area contributed by atoms with Gasteiger partial charge in [0.1, 0.15) is 5.75 Å². The second-order valence-electron chi connectivity index (χ2n) is 6.33. The highest BCUT2D eigenvalue weighted by atomic mass is 16.5. The van der Waals surface area contributed by atoms with Crippen molar-refractivity contribution >= 4 is 0 Å². The highest BCUT2D eigenvalue weighted by Crippen LogP contribution is 2.21. The standard InChI is InChI=1S/C19H31NO2/c1-2-3-16-22-18-10-8-17(9-11-18)19(21)12-15-20-13-6-4-5-7-14-20/h8-11,19,21H,2-7,12-16H2,1H3. The highest BCUT2D eigenvalue weighted by molar-refractivity contribution is 5.28. The third-order valence-corrected chi connectivity index (χ3v) is 4.45. The summed E-state index contributed by atoms with van der Waals surface area (Å²) in [6, 6.07) is 7.93. The molecule has 1 aliphatic rings. The molecule has 1 aliphatic heterocycles.